The van der Waals surface area contributed by atoms with Crippen molar-refractivity contribution in [2.24, 2.45) is 5.73 Å². The highest BCUT2D eigenvalue weighted by atomic mass is 32.1. The van der Waals surface area contributed by atoms with Crippen LogP contribution in [-0.2, 0) is 11.2 Å². The quantitative estimate of drug-likeness (QED) is 0.350. The van der Waals surface area contributed by atoms with Crippen molar-refractivity contribution in [1.82, 2.24) is 4.98 Å². The van der Waals surface area contributed by atoms with Crippen molar-refractivity contribution >= 4 is 17.3 Å². The van der Waals surface area contributed by atoms with Gasteiger partial charge in [0.25, 0.3) is 0 Å². The lowest BCUT2D eigenvalue weighted by atomic mass is 10.0. The van der Waals surface area contributed by atoms with Crippen molar-refractivity contribution in [2.45, 2.75) is 51.5 Å². The van der Waals surface area contributed by atoms with E-state index >= 15 is 0 Å². The van der Waals surface area contributed by atoms with Crippen LogP contribution in [0.3, 0.4) is 0 Å². The highest BCUT2D eigenvalue weighted by Crippen LogP contribution is 2.30. The highest BCUT2D eigenvalue weighted by molar-refractivity contribution is 7.13. The monoisotopic (exact) mass is 438 g/mol. The largest absolute Gasteiger partial charge is 0.494 e. The minimum Gasteiger partial charge on any atom is -0.494 e. The zero-order chi connectivity index (χ0) is 22.1. The third kappa shape index (κ3) is 6.91. The van der Waals surface area contributed by atoms with E-state index in [0.717, 1.165) is 46.2 Å². The van der Waals surface area contributed by atoms with Crippen molar-refractivity contribution < 1.29 is 14.6 Å². The van der Waals surface area contributed by atoms with Crippen molar-refractivity contribution in [3.05, 3.63) is 59.5 Å². The number of hydrogen-bond donors (Lipinski definition) is 2. The van der Waals surface area contributed by atoms with Crippen LogP contribution in [0, 0.1) is 0 Å². The van der Waals surface area contributed by atoms with Crippen molar-refractivity contribution in [1.29, 1.82) is 0 Å². The Labute approximate surface area is 187 Å². The molecule has 0 bridgehead atoms. The summed E-state index contributed by atoms with van der Waals surface area (Å²) in [4.78, 5) is 15.7. The number of aromatic nitrogens is 1. The molecule has 6 heteroatoms. The SMILES string of the molecule is CCCCCCCOc1ccc(-c2nc(-c3ccc(CC(N)C(=O)O)cc3)cs2)cc1. The van der Waals surface area contributed by atoms with Crippen molar-refractivity contribution in [3.8, 4) is 27.6 Å². The molecular formula is C25H30N2O3S. The first-order chi connectivity index (χ1) is 15.1. The lowest BCUT2D eigenvalue weighted by Crippen LogP contribution is -2.32. The number of ether oxygens (including phenoxy) is 1. The van der Waals surface area contributed by atoms with Gasteiger partial charge >= 0.3 is 5.97 Å². The Balaban J connectivity index is 1.56. The number of nitrogens with two attached hydrogens (primary N) is 1. The fourth-order valence-electron chi connectivity index (χ4n) is 3.28. The number of hydrogen-bond acceptors (Lipinski definition) is 5. The number of carboxylic acid groups (broad SMARTS) is 1. The van der Waals surface area contributed by atoms with Gasteiger partial charge in [-0.1, -0.05) is 56.9 Å². The molecule has 0 amide bonds. The van der Waals surface area contributed by atoms with Gasteiger partial charge in [0.15, 0.2) is 0 Å². The Morgan fingerprint density at radius 3 is 2.39 bits per heavy atom. The molecule has 5 nitrogen and oxygen atoms in total. The number of nitrogens with zero attached hydrogens (tertiary/aromatic N) is 1. The van der Waals surface area contributed by atoms with Crippen LogP contribution in [0.5, 0.6) is 5.75 Å². The summed E-state index contributed by atoms with van der Waals surface area (Å²) in [6.07, 6.45) is 6.47. The Morgan fingerprint density at radius 1 is 1.03 bits per heavy atom. The average Bonchev–Trinajstić information content (AvgIpc) is 3.27. The third-order valence-electron chi connectivity index (χ3n) is 5.14. The molecule has 1 unspecified atom stereocenters. The van der Waals surface area contributed by atoms with E-state index in [0.29, 0.717) is 6.42 Å². The summed E-state index contributed by atoms with van der Waals surface area (Å²) in [5.41, 5.74) is 9.47. The molecule has 1 atom stereocenters. The van der Waals surface area contributed by atoms with Crippen LogP contribution in [-0.4, -0.2) is 28.7 Å². The fourth-order valence-corrected chi connectivity index (χ4v) is 4.12. The van der Waals surface area contributed by atoms with E-state index < -0.39 is 12.0 Å². The predicted molar refractivity (Wildman–Crippen MR) is 127 cm³/mol. The van der Waals surface area contributed by atoms with Crippen LogP contribution < -0.4 is 10.5 Å². The Kier molecular flexibility index (Phi) is 8.62. The van der Waals surface area contributed by atoms with Crippen molar-refractivity contribution in [2.75, 3.05) is 6.61 Å². The summed E-state index contributed by atoms with van der Waals surface area (Å²) in [6.45, 7) is 2.98. The second kappa shape index (κ2) is 11.6. The normalized spacial score (nSPS) is 11.9. The van der Waals surface area contributed by atoms with Gasteiger partial charge in [0, 0.05) is 16.5 Å². The maximum absolute atomic E-state index is 10.9. The molecule has 3 aromatic rings. The molecule has 1 heterocycles. The Hall–Kier alpha value is -2.70. The lowest BCUT2D eigenvalue weighted by molar-refractivity contribution is -0.138. The second-order valence-electron chi connectivity index (χ2n) is 7.67. The van der Waals surface area contributed by atoms with Gasteiger partial charge < -0.3 is 15.6 Å². The number of carbonyl (C=O) groups is 1. The van der Waals surface area contributed by atoms with Gasteiger partial charge in [0.05, 0.1) is 12.3 Å². The van der Waals surface area contributed by atoms with E-state index in [4.69, 9.17) is 20.6 Å². The third-order valence-corrected chi connectivity index (χ3v) is 6.04. The number of unbranched alkanes of at least 4 members (excludes halogenated alkanes) is 4. The molecule has 0 spiro atoms. The summed E-state index contributed by atoms with van der Waals surface area (Å²) in [7, 11) is 0. The summed E-state index contributed by atoms with van der Waals surface area (Å²) in [5.74, 6) is -0.0946. The van der Waals surface area contributed by atoms with Gasteiger partial charge in [0.2, 0.25) is 0 Å². The fraction of sp³-hybridized carbons (Fsp3) is 0.360. The van der Waals surface area contributed by atoms with E-state index in [-0.39, 0.29) is 0 Å². The lowest BCUT2D eigenvalue weighted by Gasteiger charge is -2.07. The zero-order valence-electron chi connectivity index (χ0n) is 17.9. The highest BCUT2D eigenvalue weighted by Gasteiger charge is 2.12. The molecule has 0 saturated heterocycles. The molecule has 31 heavy (non-hydrogen) atoms. The molecule has 0 fully saturated rings. The van der Waals surface area contributed by atoms with Crippen LogP contribution in [0.2, 0.25) is 0 Å². The molecule has 2 aromatic carbocycles. The smallest absolute Gasteiger partial charge is 0.320 e. The Morgan fingerprint density at radius 2 is 1.71 bits per heavy atom. The van der Waals surface area contributed by atoms with E-state index in [1.807, 2.05) is 53.9 Å². The van der Waals surface area contributed by atoms with Gasteiger partial charge in [0.1, 0.15) is 16.8 Å². The number of rotatable bonds is 12. The summed E-state index contributed by atoms with van der Waals surface area (Å²) in [6, 6.07) is 14.9. The van der Waals surface area contributed by atoms with Gasteiger partial charge in [-0.25, -0.2) is 4.98 Å². The first kappa shape index (κ1) is 23.0. The number of carboxylic acids is 1. The molecule has 0 aliphatic rings. The van der Waals surface area contributed by atoms with Crippen LogP contribution in [0.1, 0.15) is 44.6 Å². The minimum absolute atomic E-state index is 0.311. The van der Waals surface area contributed by atoms with Crippen LogP contribution >= 0.6 is 11.3 Å². The van der Waals surface area contributed by atoms with E-state index in [1.54, 1.807) is 11.3 Å². The van der Waals surface area contributed by atoms with Gasteiger partial charge in [-0.2, -0.15) is 0 Å². The number of thiazole rings is 1. The van der Waals surface area contributed by atoms with E-state index in [2.05, 4.69) is 6.92 Å². The molecule has 1 aromatic heterocycles. The summed E-state index contributed by atoms with van der Waals surface area (Å²) in [5, 5.41) is 11.9. The molecule has 0 aliphatic carbocycles. The second-order valence-corrected chi connectivity index (χ2v) is 8.53. The maximum atomic E-state index is 10.9. The minimum atomic E-state index is -0.989. The zero-order valence-corrected chi connectivity index (χ0v) is 18.7. The van der Waals surface area contributed by atoms with Crippen LogP contribution in [0.25, 0.3) is 21.8 Å². The van der Waals surface area contributed by atoms with Crippen LogP contribution in [0.15, 0.2) is 53.9 Å². The van der Waals surface area contributed by atoms with Gasteiger partial charge in [-0.15, -0.1) is 11.3 Å². The molecular weight excluding hydrogens is 408 g/mol. The predicted octanol–water partition coefficient (Wildman–Crippen LogP) is 5.78. The molecule has 164 valence electrons. The summed E-state index contributed by atoms with van der Waals surface area (Å²) >= 11 is 1.60. The van der Waals surface area contributed by atoms with Crippen LogP contribution in [0.4, 0.5) is 0 Å². The standard InChI is InChI=1S/C25H30N2O3S/c1-2-3-4-5-6-15-30-21-13-11-20(12-14-21)24-27-23(17-31-24)19-9-7-18(8-10-19)16-22(26)25(28)29/h7-14,17,22H,2-6,15-16,26H2,1H3,(H,28,29). The average molecular weight is 439 g/mol. The van der Waals surface area contributed by atoms with Gasteiger partial charge in [-0.05, 0) is 42.7 Å². The van der Waals surface area contributed by atoms with E-state index in [9.17, 15) is 4.79 Å². The topological polar surface area (TPSA) is 85.4 Å². The first-order valence-corrected chi connectivity index (χ1v) is 11.7. The first-order valence-electron chi connectivity index (χ1n) is 10.8. The molecule has 3 rings (SSSR count). The number of benzene rings is 2. The molecule has 0 radical (unpaired) electrons. The molecule has 0 aliphatic heterocycles. The maximum Gasteiger partial charge on any atom is 0.320 e. The van der Waals surface area contributed by atoms with Crippen molar-refractivity contribution in [3.63, 3.8) is 0 Å². The molecule has 0 saturated carbocycles. The number of aliphatic carboxylic acids is 1. The summed E-state index contributed by atoms with van der Waals surface area (Å²) < 4.78 is 5.84. The Bertz CT molecular complexity index is 952. The molecule has 3 N–H and O–H groups in total. The van der Waals surface area contributed by atoms with Gasteiger partial charge in [-0.3, -0.25) is 4.79 Å². The van der Waals surface area contributed by atoms with E-state index in [1.165, 1.54) is 25.7 Å².